The maximum Gasteiger partial charge on any atom is 0.195 e. The van der Waals surface area contributed by atoms with E-state index in [1.165, 1.54) is 30.3 Å². The molecule has 7 heteroatoms. The van der Waals surface area contributed by atoms with Gasteiger partial charge >= 0.3 is 0 Å². The maximum absolute atomic E-state index is 14.6. The van der Waals surface area contributed by atoms with Gasteiger partial charge in [-0.1, -0.05) is 24.0 Å². The molecule has 0 unspecified atom stereocenters. The normalized spacial score (nSPS) is 17.7. The largest absolute Gasteiger partial charge is 0.352 e. The summed E-state index contributed by atoms with van der Waals surface area (Å²) in [5.74, 6) is -0.473. The monoisotopic (exact) mass is 486 g/mol. The van der Waals surface area contributed by atoms with Crippen LogP contribution in [0.2, 0.25) is 0 Å². The van der Waals surface area contributed by atoms with Crippen molar-refractivity contribution < 1.29 is 31.4 Å². The third-order valence-corrected chi connectivity index (χ3v) is 5.89. The van der Waals surface area contributed by atoms with Gasteiger partial charge in [-0.05, 0) is 60.5 Å². The Bertz CT molecular complexity index is 1280. The van der Waals surface area contributed by atoms with Crippen LogP contribution in [0, 0.1) is 46.8 Å². The van der Waals surface area contributed by atoms with Crippen molar-refractivity contribution in [3.63, 3.8) is 0 Å². The molecule has 4 rings (SSSR count). The lowest BCUT2D eigenvalue weighted by Gasteiger charge is -2.29. The zero-order valence-electron chi connectivity index (χ0n) is 18.9. The Morgan fingerprint density at radius 1 is 0.857 bits per heavy atom. The third-order valence-electron chi connectivity index (χ3n) is 5.89. The lowest BCUT2D eigenvalue weighted by Crippen LogP contribution is -2.32. The van der Waals surface area contributed by atoms with Gasteiger partial charge in [0.1, 0.15) is 11.6 Å². The van der Waals surface area contributed by atoms with Gasteiger partial charge in [-0.3, -0.25) is 0 Å². The Kier molecular flexibility index (Phi) is 7.84. The molecule has 0 radical (unpaired) electrons. The summed E-state index contributed by atoms with van der Waals surface area (Å²) in [6.45, 7) is 4.87. The average molecular weight is 486 g/mol. The lowest BCUT2D eigenvalue weighted by molar-refractivity contribution is -0.203. The van der Waals surface area contributed by atoms with Gasteiger partial charge in [0.2, 0.25) is 0 Å². The van der Waals surface area contributed by atoms with Gasteiger partial charge in [0.15, 0.2) is 23.7 Å². The maximum atomic E-state index is 14.6. The molecule has 1 fully saturated rings. The van der Waals surface area contributed by atoms with Gasteiger partial charge in [-0.2, -0.15) is 0 Å². The van der Waals surface area contributed by atoms with Crippen molar-refractivity contribution in [2.24, 2.45) is 5.92 Å². The molecule has 1 heterocycles. The molecule has 1 aliphatic heterocycles. The zero-order chi connectivity index (χ0) is 24.9. The van der Waals surface area contributed by atoms with E-state index in [1.54, 1.807) is 0 Å². The molecule has 3 aromatic carbocycles. The van der Waals surface area contributed by atoms with Gasteiger partial charge < -0.3 is 9.47 Å². The number of benzene rings is 3. The Labute approximate surface area is 200 Å². The van der Waals surface area contributed by atoms with Gasteiger partial charge in [0, 0.05) is 23.3 Å². The van der Waals surface area contributed by atoms with E-state index in [2.05, 4.69) is 18.4 Å². The van der Waals surface area contributed by atoms with E-state index >= 15 is 0 Å². The van der Waals surface area contributed by atoms with Gasteiger partial charge in [-0.15, -0.1) is 6.58 Å². The number of hydrogen-bond donors (Lipinski definition) is 0. The van der Waals surface area contributed by atoms with Crippen LogP contribution in [0.15, 0.2) is 49.1 Å². The number of aryl methyl sites for hydroxylation is 1. The van der Waals surface area contributed by atoms with Crippen LogP contribution in [-0.4, -0.2) is 19.5 Å². The van der Waals surface area contributed by atoms with Gasteiger partial charge in [0.25, 0.3) is 0 Å². The standard InChI is InChI=1S/C28H23F5O2/c1-2-3-4-19-15-34-26(35-16-19)10-7-18-12-23(29)22(24(30)13-18)9-6-17-5-8-21-20(11-17)14-25(31)28(33)27(21)32/h2,5,8,11-14,19,26H,1,3-4,7,10,15-16H2. The van der Waals surface area contributed by atoms with Crippen LogP contribution in [0.4, 0.5) is 22.0 Å². The Balaban J connectivity index is 1.43. The van der Waals surface area contributed by atoms with Crippen molar-refractivity contribution in [1.29, 1.82) is 0 Å². The molecular weight excluding hydrogens is 463 g/mol. The predicted octanol–water partition coefficient (Wildman–Crippen LogP) is 6.82. The zero-order valence-corrected chi connectivity index (χ0v) is 18.9. The molecule has 0 aliphatic carbocycles. The fourth-order valence-corrected chi connectivity index (χ4v) is 3.96. The molecule has 0 amide bonds. The molecule has 3 aromatic rings. The molecular formula is C28H23F5O2. The smallest absolute Gasteiger partial charge is 0.195 e. The summed E-state index contributed by atoms with van der Waals surface area (Å²) in [5.41, 5.74) is 0.300. The predicted molar refractivity (Wildman–Crippen MR) is 123 cm³/mol. The van der Waals surface area contributed by atoms with Crippen LogP contribution in [0.25, 0.3) is 10.8 Å². The minimum Gasteiger partial charge on any atom is -0.352 e. The van der Waals surface area contributed by atoms with Crippen LogP contribution in [0.1, 0.15) is 36.0 Å². The highest BCUT2D eigenvalue weighted by Crippen LogP contribution is 2.25. The SMILES string of the molecule is C=CCCC1COC(CCc2cc(F)c(C#Cc3ccc4c(F)c(F)c(F)cc4c3)c(F)c2)OC1. The number of hydrogen-bond acceptors (Lipinski definition) is 2. The van der Waals surface area contributed by atoms with Gasteiger partial charge in [-0.25, -0.2) is 22.0 Å². The molecule has 0 N–H and O–H groups in total. The Hall–Kier alpha value is -3.21. The molecule has 1 aliphatic rings. The van der Waals surface area contributed by atoms with E-state index in [1.807, 2.05) is 6.08 Å². The molecule has 0 aromatic heterocycles. The molecule has 0 spiro atoms. The Morgan fingerprint density at radius 2 is 1.57 bits per heavy atom. The second-order valence-electron chi connectivity index (χ2n) is 8.47. The first kappa shape index (κ1) is 24.9. The fourth-order valence-electron chi connectivity index (χ4n) is 3.96. The van der Waals surface area contributed by atoms with Crippen molar-refractivity contribution in [2.45, 2.75) is 32.0 Å². The minimum atomic E-state index is -1.56. The highest BCUT2D eigenvalue weighted by atomic mass is 19.2. The van der Waals surface area contributed by atoms with E-state index in [4.69, 9.17) is 9.47 Å². The highest BCUT2D eigenvalue weighted by Gasteiger charge is 2.22. The summed E-state index contributed by atoms with van der Waals surface area (Å²) >= 11 is 0. The van der Waals surface area contributed by atoms with E-state index in [0.717, 1.165) is 18.9 Å². The Morgan fingerprint density at radius 3 is 2.26 bits per heavy atom. The molecule has 2 nitrogen and oxygen atoms in total. The van der Waals surface area contributed by atoms with E-state index in [9.17, 15) is 22.0 Å². The van der Waals surface area contributed by atoms with E-state index < -0.39 is 40.9 Å². The van der Waals surface area contributed by atoms with E-state index in [-0.39, 0.29) is 16.3 Å². The van der Waals surface area contributed by atoms with Crippen LogP contribution in [0.5, 0.6) is 0 Å². The molecule has 35 heavy (non-hydrogen) atoms. The van der Waals surface area contributed by atoms with Crippen LogP contribution in [-0.2, 0) is 15.9 Å². The summed E-state index contributed by atoms with van der Waals surface area (Å²) in [5, 5.41) is -0.0296. The van der Waals surface area contributed by atoms with Crippen molar-refractivity contribution in [2.75, 3.05) is 13.2 Å². The molecule has 0 saturated carbocycles. The second-order valence-corrected chi connectivity index (χ2v) is 8.47. The first-order valence-corrected chi connectivity index (χ1v) is 11.3. The quantitative estimate of drug-likeness (QED) is 0.165. The van der Waals surface area contributed by atoms with Crippen molar-refractivity contribution >= 4 is 10.8 Å². The fraction of sp³-hybridized carbons (Fsp3) is 0.286. The highest BCUT2D eigenvalue weighted by molar-refractivity contribution is 5.84. The first-order valence-electron chi connectivity index (χ1n) is 11.3. The molecule has 0 bridgehead atoms. The summed E-state index contributed by atoms with van der Waals surface area (Å²) in [6, 6.07) is 7.21. The third kappa shape index (κ3) is 5.90. The van der Waals surface area contributed by atoms with Crippen molar-refractivity contribution in [1.82, 2.24) is 0 Å². The number of halogens is 5. The second kappa shape index (κ2) is 11.0. The van der Waals surface area contributed by atoms with Crippen LogP contribution < -0.4 is 0 Å². The number of rotatable bonds is 6. The minimum absolute atomic E-state index is 0.0867. The lowest BCUT2D eigenvalue weighted by atomic mass is 10.0. The molecule has 1 saturated heterocycles. The number of allylic oxidation sites excluding steroid dienone is 1. The number of ether oxygens (including phenoxy) is 2. The van der Waals surface area contributed by atoms with Crippen molar-refractivity contribution in [3.8, 4) is 11.8 Å². The van der Waals surface area contributed by atoms with Gasteiger partial charge in [0.05, 0.1) is 18.8 Å². The van der Waals surface area contributed by atoms with Crippen molar-refractivity contribution in [3.05, 3.63) is 94.8 Å². The van der Waals surface area contributed by atoms with Crippen LogP contribution in [0.3, 0.4) is 0 Å². The van der Waals surface area contributed by atoms with Crippen LogP contribution >= 0.6 is 0 Å². The molecule has 182 valence electrons. The number of fused-ring (bicyclic) bond motifs is 1. The summed E-state index contributed by atoms with van der Waals surface area (Å²) < 4.78 is 81.4. The molecule has 0 atom stereocenters. The summed E-state index contributed by atoms with van der Waals surface area (Å²) in [6.07, 6.45) is 4.10. The topological polar surface area (TPSA) is 18.5 Å². The summed E-state index contributed by atoms with van der Waals surface area (Å²) in [4.78, 5) is 0. The van der Waals surface area contributed by atoms with E-state index in [0.29, 0.717) is 37.5 Å². The summed E-state index contributed by atoms with van der Waals surface area (Å²) in [7, 11) is 0. The first-order chi connectivity index (χ1) is 16.9. The average Bonchev–Trinajstić information content (AvgIpc) is 2.85.